The fourth-order valence-electron chi connectivity index (χ4n) is 2.10. The Morgan fingerprint density at radius 2 is 1.91 bits per heavy atom. The van der Waals surface area contributed by atoms with Gasteiger partial charge in [-0.05, 0) is 31.2 Å². The number of carboxylic acid groups (broad SMARTS) is 1. The molecule has 7 heteroatoms. The van der Waals surface area contributed by atoms with E-state index in [9.17, 15) is 9.59 Å². The van der Waals surface area contributed by atoms with Gasteiger partial charge in [0.25, 0.3) is 0 Å². The van der Waals surface area contributed by atoms with E-state index < -0.39 is 5.97 Å². The molecule has 1 fully saturated rings. The minimum Gasteiger partial charge on any atom is -0.478 e. The summed E-state index contributed by atoms with van der Waals surface area (Å²) < 4.78 is 4.96. The number of hydrazone groups is 1. The first-order valence-corrected chi connectivity index (χ1v) is 7.16. The Morgan fingerprint density at radius 1 is 1.27 bits per heavy atom. The first-order valence-electron chi connectivity index (χ1n) is 7.16. The number of piperidine rings is 1. The summed E-state index contributed by atoms with van der Waals surface area (Å²) in [5.74, 6) is -0.954. The van der Waals surface area contributed by atoms with Crippen molar-refractivity contribution in [3.05, 3.63) is 29.8 Å². The lowest BCUT2D eigenvalue weighted by atomic mass is 10.1. The first kappa shape index (κ1) is 15.8. The van der Waals surface area contributed by atoms with Crippen molar-refractivity contribution in [2.75, 3.05) is 25.1 Å². The number of amides is 1. The fourth-order valence-corrected chi connectivity index (χ4v) is 2.10. The van der Waals surface area contributed by atoms with Gasteiger partial charge in [-0.1, -0.05) is 0 Å². The van der Waals surface area contributed by atoms with Gasteiger partial charge in [-0.2, -0.15) is 5.10 Å². The molecule has 2 N–H and O–H groups in total. The smallest absolute Gasteiger partial charge is 0.409 e. The topological polar surface area (TPSA) is 91.2 Å². The van der Waals surface area contributed by atoms with Crippen LogP contribution in [0.3, 0.4) is 0 Å². The standard InChI is InChI=1S/C15H19N3O4/c1-2-22-15(21)18-9-7-13(8-10-18)17-16-12-5-3-11(4-6-12)14(19)20/h3-6,16H,2,7-10H2,1H3,(H,19,20). The molecule has 1 aromatic carbocycles. The molecule has 0 saturated carbocycles. The van der Waals surface area contributed by atoms with Gasteiger partial charge in [0.2, 0.25) is 0 Å². The molecule has 1 heterocycles. The van der Waals surface area contributed by atoms with Crippen molar-refractivity contribution in [1.82, 2.24) is 4.90 Å². The van der Waals surface area contributed by atoms with Gasteiger partial charge >= 0.3 is 12.1 Å². The molecule has 1 amide bonds. The fraction of sp³-hybridized carbons (Fsp3) is 0.400. The van der Waals surface area contributed by atoms with Crippen molar-refractivity contribution in [3.8, 4) is 0 Å². The van der Waals surface area contributed by atoms with Crippen molar-refractivity contribution < 1.29 is 19.4 Å². The lowest BCUT2D eigenvalue weighted by Gasteiger charge is -2.26. The minimum atomic E-state index is -0.954. The predicted octanol–water partition coefficient (Wildman–Crippen LogP) is 2.41. The Hall–Kier alpha value is -2.57. The number of hydrogen-bond acceptors (Lipinski definition) is 5. The maximum absolute atomic E-state index is 11.6. The zero-order valence-corrected chi connectivity index (χ0v) is 12.4. The summed E-state index contributed by atoms with van der Waals surface area (Å²) in [4.78, 5) is 24.0. The van der Waals surface area contributed by atoms with Crippen LogP contribution in [0, 0.1) is 0 Å². The first-order chi connectivity index (χ1) is 10.6. The number of carbonyl (C=O) groups is 2. The molecule has 1 aromatic rings. The van der Waals surface area contributed by atoms with E-state index in [1.807, 2.05) is 0 Å². The minimum absolute atomic E-state index is 0.237. The number of likely N-dealkylation sites (tertiary alicyclic amines) is 1. The number of anilines is 1. The molecule has 118 valence electrons. The second-order valence-electron chi connectivity index (χ2n) is 4.86. The van der Waals surface area contributed by atoms with Crippen LogP contribution in [0.15, 0.2) is 29.4 Å². The summed E-state index contributed by atoms with van der Waals surface area (Å²) in [7, 11) is 0. The van der Waals surface area contributed by atoms with E-state index in [2.05, 4.69) is 10.5 Å². The van der Waals surface area contributed by atoms with Crippen LogP contribution in [0.4, 0.5) is 10.5 Å². The molecule has 0 aliphatic carbocycles. The quantitative estimate of drug-likeness (QED) is 0.833. The summed E-state index contributed by atoms with van der Waals surface area (Å²) in [6.45, 7) is 3.35. The molecule has 22 heavy (non-hydrogen) atoms. The summed E-state index contributed by atoms with van der Waals surface area (Å²) in [5.41, 5.74) is 4.85. The molecule has 0 radical (unpaired) electrons. The van der Waals surface area contributed by atoms with Gasteiger partial charge in [-0.3, -0.25) is 5.43 Å². The van der Waals surface area contributed by atoms with Crippen molar-refractivity contribution in [2.24, 2.45) is 5.10 Å². The number of benzene rings is 1. The zero-order valence-electron chi connectivity index (χ0n) is 12.4. The number of ether oxygens (including phenoxy) is 1. The third kappa shape index (κ3) is 4.21. The number of carbonyl (C=O) groups excluding carboxylic acids is 1. The highest BCUT2D eigenvalue weighted by molar-refractivity contribution is 5.88. The number of nitrogens with one attached hydrogen (secondary N) is 1. The highest BCUT2D eigenvalue weighted by Gasteiger charge is 2.20. The third-order valence-corrected chi connectivity index (χ3v) is 3.34. The van der Waals surface area contributed by atoms with Crippen LogP contribution >= 0.6 is 0 Å². The van der Waals surface area contributed by atoms with E-state index in [0.29, 0.717) is 32.5 Å². The van der Waals surface area contributed by atoms with E-state index in [0.717, 1.165) is 11.4 Å². The molecular weight excluding hydrogens is 286 g/mol. The largest absolute Gasteiger partial charge is 0.478 e. The van der Waals surface area contributed by atoms with E-state index in [1.54, 1.807) is 24.0 Å². The zero-order chi connectivity index (χ0) is 15.9. The molecule has 0 bridgehead atoms. The molecule has 1 saturated heterocycles. The third-order valence-electron chi connectivity index (χ3n) is 3.34. The summed E-state index contributed by atoms with van der Waals surface area (Å²) in [5, 5.41) is 13.1. The van der Waals surface area contributed by atoms with E-state index in [4.69, 9.17) is 9.84 Å². The molecule has 0 aromatic heterocycles. The maximum Gasteiger partial charge on any atom is 0.409 e. The van der Waals surface area contributed by atoms with Crippen LogP contribution in [0.5, 0.6) is 0 Å². The van der Waals surface area contributed by atoms with E-state index in [1.165, 1.54) is 12.1 Å². The molecule has 1 aliphatic heterocycles. The van der Waals surface area contributed by atoms with Crippen LogP contribution < -0.4 is 5.43 Å². The van der Waals surface area contributed by atoms with Crippen LogP contribution in [-0.4, -0.2) is 47.5 Å². The summed E-state index contributed by atoms with van der Waals surface area (Å²) >= 11 is 0. The summed E-state index contributed by atoms with van der Waals surface area (Å²) in [6.07, 6.45) is 1.11. The second-order valence-corrected chi connectivity index (χ2v) is 4.86. The van der Waals surface area contributed by atoms with Crippen LogP contribution in [0.2, 0.25) is 0 Å². The Morgan fingerprint density at radius 3 is 2.45 bits per heavy atom. The molecule has 7 nitrogen and oxygen atoms in total. The Bertz CT molecular complexity index is 559. The molecule has 0 unspecified atom stereocenters. The van der Waals surface area contributed by atoms with Crippen molar-refractivity contribution in [2.45, 2.75) is 19.8 Å². The van der Waals surface area contributed by atoms with Crippen LogP contribution in [0.25, 0.3) is 0 Å². The molecule has 0 spiro atoms. The molecule has 2 rings (SSSR count). The Labute approximate surface area is 128 Å². The number of rotatable bonds is 4. The highest BCUT2D eigenvalue weighted by Crippen LogP contribution is 2.12. The summed E-state index contributed by atoms with van der Waals surface area (Å²) in [6, 6.07) is 6.38. The average Bonchev–Trinajstić information content (AvgIpc) is 2.54. The van der Waals surface area contributed by atoms with E-state index in [-0.39, 0.29) is 11.7 Å². The highest BCUT2D eigenvalue weighted by atomic mass is 16.6. The van der Waals surface area contributed by atoms with Crippen molar-refractivity contribution in [3.63, 3.8) is 0 Å². The average molecular weight is 305 g/mol. The van der Waals surface area contributed by atoms with Crippen LogP contribution in [0.1, 0.15) is 30.1 Å². The molecular formula is C15H19N3O4. The lowest BCUT2D eigenvalue weighted by molar-refractivity contribution is 0.0696. The Balaban J connectivity index is 1.85. The van der Waals surface area contributed by atoms with Gasteiger partial charge in [0, 0.05) is 31.6 Å². The number of carboxylic acids is 1. The number of aromatic carboxylic acids is 1. The monoisotopic (exact) mass is 305 g/mol. The molecule has 1 aliphatic rings. The van der Waals surface area contributed by atoms with Crippen molar-refractivity contribution >= 4 is 23.5 Å². The normalized spacial score (nSPS) is 14.4. The maximum atomic E-state index is 11.6. The molecule has 0 atom stereocenters. The second kappa shape index (κ2) is 7.44. The van der Waals surface area contributed by atoms with Gasteiger partial charge < -0.3 is 14.7 Å². The van der Waals surface area contributed by atoms with Gasteiger partial charge in [0.1, 0.15) is 0 Å². The van der Waals surface area contributed by atoms with Gasteiger partial charge in [-0.25, -0.2) is 9.59 Å². The Kier molecular flexibility index (Phi) is 5.35. The van der Waals surface area contributed by atoms with Gasteiger partial charge in [0.05, 0.1) is 17.9 Å². The SMILES string of the molecule is CCOC(=O)N1CCC(=NNc2ccc(C(=O)O)cc2)CC1. The lowest BCUT2D eigenvalue weighted by Crippen LogP contribution is -2.39. The van der Waals surface area contributed by atoms with Gasteiger partial charge in [0.15, 0.2) is 0 Å². The van der Waals surface area contributed by atoms with Crippen molar-refractivity contribution in [1.29, 1.82) is 0 Å². The van der Waals surface area contributed by atoms with Crippen LogP contribution in [-0.2, 0) is 4.74 Å². The number of hydrogen-bond donors (Lipinski definition) is 2. The van der Waals surface area contributed by atoms with Gasteiger partial charge in [-0.15, -0.1) is 0 Å². The predicted molar refractivity (Wildman–Crippen MR) is 82.3 cm³/mol. The van der Waals surface area contributed by atoms with E-state index >= 15 is 0 Å². The number of nitrogens with zero attached hydrogens (tertiary/aromatic N) is 2.